The molecular weight excluding hydrogens is 566 g/mol. The summed E-state index contributed by atoms with van der Waals surface area (Å²) in [4.78, 5) is 15.6. The summed E-state index contributed by atoms with van der Waals surface area (Å²) in [6, 6.07) is 13.6. The van der Waals surface area contributed by atoms with Crippen molar-refractivity contribution in [1.82, 2.24) is 14.5 Å². The van der Waals surface area contributed by atoms with Gasteiger partial charge in [0.15, 0.2) is 0 Å². The van der Waals surface area contributed by atoms with Crippen molar-refractivity contribution in [1.29, 1.82) is 0 Å². The molecule has 3 aromatic rings. The fourth-order valence-electron chi connectivity index (χ4n) is 5.86. The Kier molecular flexibility index (Phi) is 9.91. The van der Waals surface area contributed by atoms with Crippen LogP contribution in [0.25, 0.3) is 0 Å². The summed E-state index contributed by atoms with van der Waals surface area (Å²) >= 11 is 0. The first-order valence-electron chi connectivity index (χ1n) is 15.0. The van der Waals surface area contributed by atoms with E-state index in [-0.39, 0.29) is 18.5 Å². The van der Waals surface area contributed by atoms with Crippen molar-refractivity contribution in [2.24, 2.45) is 0 Å². The van der Waals surface area contributed by atoms with Gasteiger partial charge in [0.1, 0.15) is 17.8 Å². The number of nitrogens with zero attached hydrogens (tertiary/aromatic N) is 2. The lowest BCUT2D eigenvalue weighted by Crippen LogP contribution is -2.36. The number of benzene rings is 2. The van der Waals surface area contributed by atoms with Gasteiger partial charge in [-0.25, -0.2) is 8.42 Å². The molecule has 0 atom stereocenters. The van der Waals surface area contributed by atoms with Gasteiger partial charge in [-0.3, -0.25) is 9.69 Å². The molecule has 0 bridgehead atoms. The van der Waals surface area contributed by atoms with Gasteiger partial charge in [0.25, 0.3) is 5.91 Å². The van der Waals surface area contributed by atoms with Crippen molar-refractivity contribution in [3.63, 3.8) is 0 Å². The molecule has 1 amide bonds. The van der Waals surface area contributed by atoms with Crippen molar-refractivity contribution >= 4 is 15.9 Å². The summed E-state index contributed by atoms with van der Waals surface area (Å²) in [5.74, 6) is 0.819. The van der Waals surface area contributed by atoms with Gasteiger partial charge >= 0.3 is 0 Å². The number of sulfonamides is 1. The number of likely N-dealkylation sites (tertiary alicyclic amines) is 1. The summed E-state index contributed by atoms with van der Waals surface area (Å²) < 4.78 is 45.5. The molecule has 0 spiro atoms. The minimum absolute atomic E-state index is 0.0714. The Hall–Kier alpha value is -3.18. The number of nitrogens with one attached hydrogen (secondary N) is 1. The number of hydrogen-bond donors (Lipinski definition) is 1. The van der Waals surface area contributed by atoms with Gasteiger partial charge < -0.3 is 19.2 Å². The van der Waals surface area contributed by atoms with Gasteiger partial charge in [0.05, 0.1) is 30.2 Å². The Morgan fingerprint density at radius 2 is 1.65 bits per heavy atom. The molecule has 0 radical (unpaired) electrons. The van der Waals surface area contributed by atoms with Crippen LogP contribution < -0.4 is 10.1 Å². The third-order valence-electron chi connectivity index (χ3n) is 8.41. The number of hydrogen-bond acceptors (Lipinski definition) is 7. The maximum Gasteiger partial charge on any atom is 0.254 e. The van der Waals surface area contributed by atoms with Crippen LogP contribution in [0, 0.1) is 13.8 Å². The summed E-state index contributed by atoms with van der Waals surface area (Å²) in [5, 5.41) is 2.96. The Labute approximate surface area is 255 Å². The molecule has 2 heterocycles. The Morgan fingerprint density at radius 1 is 1.00 bits per heavy atom. The molecule has 232 valence electrons. The Balaban J connectivity index is 1.14. The molecule has 43 heavy (non-hydrogen) atoms. The van der Waals surface area contributed by atoms with Crippen LogP contribution in [0.3, 0.4) is 0 Å². The summed E-state index contributed by atoms with van der Waals surface area (Å²) in [7, 11) is -0.428. The maximum absolute atomic E-state index is 13.8. The third-order valence-corrected chi connectivity index (χ3v) is 10.6. The highest BCUT2D eigenvalue weighted by Crippen LogP contribution is 2.36. The normalized spacial score (nSPS) is 16.5. The fraction of sp³-hybridized carbons (Fsp3) is 0.485. The van der Waals surface area contributed by atoms with E-state index >= 15 is 0 Å². The van der Waals surface area contributed by atoms with Crippen LogP contribution in [-0.4, -0.2) is 69.5 Å². The highest BCUT2D eigenvalue weighted by molar-refractivity contribution is 7.89. The van der Waals surface area contributed by atoms with Crippen LogP contribution in [0.15, 0.2) is 58.0 Å². The van der Waals surface area contributed by atoms with Gasteiger partial charge in [-0.1, -0.05) is 24.3 Å². The number of amides is 1. The van der Waals surface area contributed by atoms with Gasteiger partial charge in [0, 0.05) is 39.3 Å². The number of carbonyl (C=O) groups is 1. The Bertz CT molecular complexity index is 1480. The lowest BCUT2D eigenvalue weighted by molar-refractivity contribution is 0.0388. The average molecular weight is 610 g/mol. The van der Waals surface area contributed by atoms with Crippen LogP contribution in [0.2, 0.25) is 0 Å². The van der Waals surface area contributed by atoms with Crippen LogP contribution in [0.1, 0.15) is 64.1 Å². The predicted molar refractivity (Wildman–Crippen MR) is 165 cm³/mol. The average Bonchev–Trinajstić information content (AvgIpc) is 3.72. The molecule has 1 aliphatic heterocycles. The molecule has 1 aromatic heterocycles. The molecule has 9 nitrogen and oxygen atoms in total. The highest BCUT2D eigenvalue weighted by Gasteiger charge is 2.40. The fourth-order valence-corrected chi connectivity index (χ4v) is 7.92. The second kappa shape index (κ2) is 13.6. The quantitative estimate of drug-likeness (QED) is 0.296. The molecule has 2 fully saturated rings. The van der Waals surface area contributed by atoms with Crippen LogP contribution >= 0.6 is 0 Å². The zero-order valence-electron chi connectivity index (χ0n) is 25.6. The van der Waals surface area contributed by atoms with E-state index in [1.807, 2.05) is 0 Å². The van der Waals surface area contributed by atoms with E-state index in [1.165, 1.54) is 16.1 Å². The molecule has 10 heteroatoms. The summed E-state index contributed by atoms with van der Waals surface area (Å²) in [6.45, 7) is 7.17. The van der Waals surface area contributed by atoms with E-state index in [0.717, 1.165) is 50.9 Å². The topological polar surface area (TPSA) is 101 Å². The van der Waals surface area contributed by atoms with Crippen molar-refractivity contribution in [2.75, 3.05) is 33.9 Å². The Morgan fingerprint density at radius 3 is 2.26 bits per heavy atom. The zero-order valence-corrected chi connectivity index (χ0v) is 26.4. The van der Waals surface area contributed by atoms with Crippen molar-refractivity contribution in [2.45, 2.75) is 76.1 Å². The van der Waals surface area contributed by atoms with E-state index in [0.29, 0.717) is 52.2 Å². The van der Waals surface area contributed by atoms with E-state index in [9.17, 15) is 13.2 Å². The molecular formula is C33H43N3O6S. The monoisotopic (exact) mass is 609 g/mol. The van der Waals surface area contributed by atoms with E-state index in [1.54, 1.807) is 46.3 Å². The van der Waals surface area contributed by atoms with E-state index < -0.39 is 10.0 Å². The maximum atomic E-state index is 13.8. The standard InChI is InChI=1S/C33H43N3O6S/c1-23-17-30(41-4)18-24(2)32(23)43(38,39)36(28-9-10-28)21-31-19-27(22-42-31)33(37)34-14-11-25-5-7-26(8-6-25)20-35-15-12-29(40-3)13-16-35/h5-8,17-19,22,28-29H,9-16,20-21H2,1-4H3,(H,34,37). The van der Waals surface area contributed by atoms with Gasteiger partial charge in [-0.05, 0) is 86.4 Å². The smallest absolute Gasteiger partial charge is 0.254 e. The SMILES string of the molecule is COc1cc(C)c(S(=O)(=O)N(Cc2cc(C(=O)NCCc3ccc(CN4CCC(OC)CC4)cc3)co2)C2CC2)c(C)c1. The summed E-state index contributed by atoms with van der Waals surface area (Å²) in [5.41, 5.74) is 4.10. The molecule has 1 saturated heterocycles. The lowest BCUT2D eigenvalue weighted by Gasteiger charge is -2.31. The van der Waals surface area contributed by atoms with Crippen LogP contribution in [0.5, 0.6) is 5.75 Å². The number of carbonyl (C=O) groups excluding carboxylic acids is 1. The third kappa shape index (κ3) is 7.67. The first kappa shape index (κ1) is 31.3. The minimum Gasteiger partial charge on any atom is -0.497 e. The van der Waals surface area contributed by atoms with Crippen molar-refractivity contribution < 1.29 is 27.1 Å². The minimum atomic E-state index is -3.78. The molecule has 1 N–H and O–H groups in total. The number of piperidine rings is 1. The lowest BCUT2D eigenvalue weighted by atomic mass is 10.1. The van der Waals surface area contributed by atoms with Gasteiger partial charge in [-0.15, -0.1) is 0 Å². The highest BCUT2D eigenvalue weighted by atomic mass is 32.2. The first-order valence-corrected chi connectivity index (χ1v) is 16.5. The second-order valence-corrected chi connectivity index (χ2v) is 13.5. The molecule has 1 aliphatic carbocycles. The van der Waals surface area contributed by atoms with Crippen molar-refractivity contribution in [3.8, 4) is 5.75 Å². The summed E-state index contributed by atoms with van der Waals surface area (Å²) in [6.07, 6.45) is 6.25. The van der Waals surface area contributed by atoms with Crippen molar-refractivity contribution in [3.05, 3.63) is 82.3 Å². The van der Waals surface area contributed by atoms with E-state index in [4.69, 9.17) is 13.9 Å². The number of aryl methyl sites for hydroxylation is 2. The molecule has 2 aromatic carbocycles. The van der Waals surface area contributed by atoms with Gasteiger partial charge in [-0.2, -0.15) is 4.31 Å². The number of furan rings is 1. The molecule has 1 saturated carbocycles. The predicted octanol–water partition coefficient (Wildman–Crippen LogP) is 4.84. The van der Waals surface area contributed by atoms with E-state index in [2.05, 4.69) is 34.5 Å². The molecule has 5 rings (SSSR count). The second-order valence-electron chi connectivity index (χ2n) is 11.7. The first-order chi connectivity index (χ1) is 20.7. The van der Waals surface area contributed by atoms with Gasteiger partial charge in [0.2, 0.25) is 10.0 Å². The number of ether oxygens (including phenoxy) is 2. The largest absolute Gasteiger partial charge is 0.497 e. The molecule has 0 unspecified atom stereocenters. The zero-order chi connectivity index (χ0) is 30.6. The van der Waals surface area contributed by atoms with Crippen LogP contribution in [0.4, 0.5) is 0 Å². The van der Waals surface area contributed by atoms with Crippen LogP contribution in [-0.2, 0) is 34.3 Å². The number of methoxy groups -OCH3 is 2. The molecule has 2 aliphatic rings. The number of rotatable bonds is 13.